The molecule has 1 N–H and O–H groups in total. The third-order valence-corrected chi connectivity index (χ3v) is 2.18. The maximum absolute atomic E-state index is 11.3. The summed E-state index contributed by atoms with van der Waals surface area (Å²) < 4.78 is 0. The summed E-state index contributed by atoms with van der Waals surface area (Å²) in [6.07, 6.45) is 1.23. The number of hydrogen-bond donors (Lipinski definition) is 1. The fourth-order valence-electron chi connectivity index (χ4n) is 1.13. The molecule has 1 aromatic carbocycles. The van der Waals surface area contributed by atoms with Crippen molar-refractivity contribution in [1.29, 1.82) is 5.26 Å². The highest BCUT2D eigenvalue weighted by molar-refractivity contribution is 6.33. The number of rotatable bonds is 3. The van der Waals surface area contributed by atoms with Crippen LogP contribution < -0.4 is 5.32 Å². The first-order valence-electron chi connectivity index (χ1n) is 4.67. The van der Waals surface area contributed by atoms with E-state index in [1.807, 2.05) is 13.0 Å². The number of nitriles is 1. The smallest absolute Gasteiger partial charge is 0.224 e. The summed E-state index contributed by atoms with van der Waals surface area (Å²) in [4.78, 5) is 11.3. The molecule has 0 fully saturated rings. The summed E-state index contributed by atoms with van der Waals surface area (Å²) in [6, 6.07) is 6.76. The van der Waals surface area contributed by atoms with Crippen molar-refractivity contribution in [1.82, 2.24) is 0 Å². The van der Waals surface area contributed by atoms with Crippen LogP contribution in [0.3, 0.4) is 0 Å². The van der Waals surface area contributed by atoms with Crippen LogP contribution in [0.15, 0.2) is 18.2 Å². The van der Waals surface area contributed by atoms with Gasteiger partial charge in [0.2, 0.25) is 5.91 Å². The van der Waals surface area contributed by atoms with E-state index >= 15 is 0 Å². The highest BCUT2D eigenvalue weighted by Gasteiger charge is 2.05. The van der Waals surface area contributed by atoms with E-state index < -0.39 is 0 Å². The molecule has 0 aliphatic carbocycles. The van der Waals surface area contributed by atoms with E-state index in [0.717, 1.165) is 6.42 Å². The molecule has 1 rings (SSSR count). The van der Waals surface area contributed by atoms with Crippen molar-refractivity contribution in [2.24, 2.45) is 0 Å². The average Bonchev–Trinajstić information content (AvgIpc) is 2.21. The van der Waals surface area contributed by atoms with Crippen LogP contribution in [0.4, 0.5) is 5.69 Å². The molecule has 15 heavy (non-hydrogen) atoms. The van der Waals surface area contributed by atoms with Gasteiger partial charge in [-0.1, -0.05) is 18.5 Å². The molecule has 0 atom stereocenters. The molecular weight excluding hydrogens is 212 g/mol. The Hall–Kier alpha value is -1.53. The first kappa shape index (κ1) is 11.5. The fraction of sp³-hybridized carbons (Fsp3) is 0.273. The number of amides is 1. The molecule has 0 radical (unpaired) electrons. The molecule has 0 saturated heterocycles. The Bertz CT molecular complexity index is 410. The van der Waals surface area contributed by atoms with Crippen LogP contribution in [0.5, 0.6) is 0 Å². The van der Waals surface area contributed by atoms with Crippen molar-refractivity contribution < 1.29 is 4.79 Å². The number of carbonyl (C=O) groups is 1. The van der Waals surface area contributed by atoms with E-state index in [1.54, 1.807) is 18.2 Å². The van der Waals surface area contributed by atoms with Gasteiger partial charge >= 0.3 is 0 Å². The number of benzene rings is 1. The average molecular weight is 223 g/mol. The maximum atomic E-state index is 11.3. The maximum Gasteiger partial charge on any atom is 0.224 e. The zero-order chi connectivity index (χ0) is 11.3. The van der Waals surface area contributed by atoms with Gasteiger partial charge in [0, 0.05) is 6.42 Å². The lowest BCUT2D eigenvalue weighted by atomic mass is 10.2. The largest absolute Gasteiger partial charge is 0.325 e. The van der Waals surface area contributed by atoms with Crippen LogP contribution in [0.1, 0.15) is 25.3 Å². The molecular formula is C11H11ClN2O. The fourth-order valence-corrected chi connectivity index (χ4v) is 1.30. The van der Waals surface area contributed by atoms with Crippen molar-refractivity contribution in [3.05, 3.63) is 28.8 Å². The molecule has 0 aliphatic rings. The summed E-state index contributed by atoms with van der Waals surface area (Å²) >= 11 is 5.87. The third-order valence-electron chi connectivity index (χ3n) is 1.85. The lowest BCUT2D eigenvalue weighted by Crippen LogP contribution is -2.11. The Labute approximate surface area is 93.7 Å². The molecule has 0 bridgehead atoms. The quantitative estimate of drug-likeness (QED) is 0.855. The van der Waals surface area contributed by atoms with Gasteiger partial charge in [-0.05, 0) is 24.6 Å². The molecule has 0 aliphatic heterocycles. The predicted octanol–water partition coefficient (Wildman–Crippen LogP) is 2.95. The lowest BCUT2D eigenvalue weighted by Gasteiger charge is -2.06. The zero-order valence-electron chi connectivity index (χ0n) is 8.38. The summed E-state index contributed by atoms with van der Waals surface area (Å²) in [5.74, 6) is -0.0884. The number of carbonyl (C=O) groups excluding carboxylic acids is 1. The van der Waals surface area contributed by atoms with E-state index in [-0.39, 0.29) is 5.91 Å². The molecule has 0 spiro atoms. The van der Waals surface area contributed by atoms with Crippen LogP contribution in [-0.2, 0) is 4.79 Å². The Morgan fingerprint density at radius 3 is 2.93 bits per heavy atom. The molecule has 4 heteroatoms. The van der Waals surface area contributed by atoms with Crippen molar-refractivity contribution in [2.45, 2.75) is 19.8 Å². The number of hydrogen-bond acceptors (Lipinski definition) is 2. The minimum atomic E-state index is -0.0884. The van der Waals surface area contributed by atoms with E-state index in [1.165, 1.54) is 0 Å². The number of halogens is 1. The van der Waals surface area contributed by atoms with Gasteiger partial charge in [-0.2, -0.15) is 5.26 Å². The highest BCUT2D eigenvalue weighted by atomic mass is 35.5. The van der Waals surface area contributed by atoms with Crippen molar-refractivity contribution in [2.75, 3.05) is 5.32 Å². The predicted molar refractivity (Wildman–Crippen MR) is 59.7 cm³/mol. The third kappa shape index (κ3) is 3.26. The minimum Gasteiger partial charge on any atom is -0.325 e. The van der Waals surface area contributed by atoms with Gasteiger partial charge in [-0.25, -0.2) is 0 Å². The van der Waals surface area contributed by atoms with Crippen molar-refractivity contribution in [3.63, 3.8) is 0 Å². The van der Waals surface area contributed by atoms with Gasteiger partial charge in [0.05, 0.1) is 22.3 Å². The first-order valence-corrected chi connectivity index (χ1v) is 5.04. The number of anilines is 1. The van der Waals surface area contributed by atoms with E-state index in [9.17, 15) is 4.79 Å². The van der Waals surface area contributed by atoms with Crippen LogP contribution in [-0.4, -0.2) is 5.91 Å². The summed E-state index contributed by atoms with van der Waals surface area (Å²) in [5, 5.41) is 11.8. The minimum absolute atomic E-state index is 0.0884. The Kier molecular flexibility index (Phi) is 4.14. The van der Waals surface area contributed by atoms with Crippen LogP contribution in [0.2, 0.25) is 5.02 Å². The molecule has 0 saturated carbocycles. The zero-order valence-corrected chi connectivity index (χ0v) is 9.14. The SMILES string of the molecule is CCCC(=O)Nc1cc(C#N)ccc1Cl. The second-order valence-corrected chi connectivity index (χ2v) is 3.51. The molecule has 0 unspecified atom stereocenters. The summed E-state index contributed by atoms with van der Waals surface area (Å²) in [7, 11) is 0. The lowest BCUT2D eigenvalue weighted by molar-refractivity contribution is -0.116. The number of nitrogens with one attached hydrogen (secondary N) is 1. The van der Waals surface area contributed by atoms with Gasteiger partial charge in [0.1, 0.15) is 0 Å². The van der Waals surface area contributed by atoms with Crippen LogP contribution in [0.25, 0.3) is 0 Å². The van der Waals surface area contributed by atoms with Crippen LogP contribution in [0, 0.1) is 11.3 Å². The molecule has 0 aromatic heterocycles. The van der Waals surface area contributed by atoms with Gasteiger partial charge in [-0.15, -0.1) is 0 Å². The van der Waals surface area contributed by atoms with E-state index in [0.29, 0.717) is 22.7 Å². The van der Waals surface area contributed by atoms with Gasteiger partial charge in [0.15, 0.2) is 0 Å². The van der Waals surface area contributed by atoms with E-state index in [4.69, 9.17) is 16.9 Å². The van der Waals surface area contributed by atoms with E-state index in [2.05, 4.69) is 5.32 Å². The molecule has 1 amide bonds. The van der Waals surface area contributed by atoms with Crippen molar-refractivity contribution in [3.8, 4) is 6.07 Å². The second-order valence-electron chi connectivity index (χ2n) is 3.10. The summed E-state index contributed by atoms with van der Waals surface area (Å²) in [6.45, 7) is 1.92. The molecule has 1 aromatic rings. The van der Waals surface area contributed by atoms with Crippen LogP contribution >= 0.6 is 11.6 Å². The second kappa shape index (κ2) is 5.38. The summed E-state index contributed by atoms with van der Waals surface area (Å²) in [5.41, 5.74) is 0.973. The Morgan fingerprint density at radius 2 is 2.33 bits per heavy atom. The topological polar surface area (TPSA) is 52.9 Å². The Morgan fingerprint density at radius 1 is 1.60 bits per heavy atom. The van der Waals surface area contributed by atoms with Crippen molar-refractivity contribution >= 4 is 23.2 Å². The monoisotopic (exact) mass is 222 g/mol. The Balaban J connectivity index is 2.85. The molecule has 78 valence electrons. The molecule has 3 nitrogen and oxygen atoms in total. The van der Waals surface area contributed by atoms with Gasteiger partial charge in [0.25, 0.3) is 0 Å². The number of nitrogens with zero attached hydrogens (tertiary/aromatic N) is 1. The van der Waals surface area contributed by atoms with Gasteiger partial charge in [-0.3, -0.25) is 4.79 Å². The standard InChI is InChI=1S/C11H11ClN2O/c1-2-3-11(15)14-10-6-8(7-13)4-5-9(10)12/h4-6H,2-3H2,1H3,(H,14,15). The normalized spacial score (nSPS) is 9.40. The highest BCUT2D eigenvalue weighted by Crippen LogP contribution is 2.22. The molecule has 0 heterocycles. The van der Waals surface area contributed by atoms with Gasteiger partial charge < -0.3 is 5.32 Å². The first-order chi connectivity index (χ1) is 7.17.